The molecule has 0 unspecified atom stereocenters. The minimum atomic E-state index is -3.69. The lowest BCUT2D eigenvalue weighted by molar-refractivity contribution is -0.141. The van der Waals surface area contributed by atoms with E-state index in [2.05, 4.69) is 5.32 Å². The van der Waals surface area contributed by atoms with E-state index in [1.54, 1.807) is 42.5 Å². The molecule has 0 aliphatic rings. The molecule has 2 atom stereocenters. The Morgan fingerprint density at radius 2 is 1.58 bits per heavy atom. The van der Waals surface area contributed by atoms with Crippen LogP contribution in [0.15, 0.2) is 72.8 Å². The molecule has 43 heavy (non-hydrogen) atoms. The highest BCUT2D eigenvalue weighted by molar-refractivity contribution is 7.92. The maximum Gasteiger partial charge on any atom is 0.243 e. The van der Waals surface area contributed by atoms with E-state index in [4.69, 9.17) is 27.9 Å². The lowest BCUT2D eigenvalue weighted by Gasteiger charge is -2.33. The molecule has 3 aromatic carbocycles. The summed E-state index contributed by atoms with van der Waals surface area (Å²) in [5, 5.41) is 3.79. The number of hydrogen-bond donors (Lipinski definition) is 1. The molecular weight excluding hydrogens is 609 g/mol. The van der Waals surface area contributed by atoms with Gasteiger partial charge in [-0.05, 0) is 49.6 Å². The number of carbonyl (C=O) groups is 2. The van der Waals surface area contributed by atoms with Crippen molar-refractivity contribution in [3.63, 3.8) is 0 Å². The van der Waals surface area contributed by atoms with E-state index < -0.39 is 16.1 Å². The summed E-state index contributed by atoms with van der Waals surface area (Å²) in [6, 6.07) is 20.4. The third kappa shape index (κ3) is 9.61. The fraction of sp³-hybridized carbons (Fsp3) is 0.375. The van der Waals surface area contributed by atoms with E-state index >= 15 is 0 Å². The van der Waals surface area contributed by atoms with E-state index in [-0.39, 0.29) is 50.2 Å². The van der Waals surface area contributed by atoms with Gasteiger partial charge in [-0.25, -0.2) is 8.42 Å². The number of ether oxygens (including phenoxy) is 1. The average molecular weight is 649 g/mol. The number of nitrogens with one attached hydrogen (secondary N) is 1. The highest BCUT2D eigenvalue weighted by atomic mass is 35.5. The first-order valence-corrected chi connectivity index (χ1v) is 16.7. The van der Waals surface area contributed by atoms with Crippen molar-refractivity contribution < 1.29 is 22.7 Å². The number of rotatable bonds is 15. The normalized spacial score (nSPS) is 12.7. The summed E-state index contributed by atoms with van der Waals surface area (Å²) in [7, 11) is -2.22. The topological polar surface area (TPSA) is 96.0 Å². The molecular formula is C32H39Cl2N3O5S. The van der Waals surface area contributed by atoms with E-state index in [0.29, 0.717) is 27.0 Å². The second kappa shape index (κ2) is 16.0. The average Bonchev–Trinajstić information content (AvgIpc) is 2.98. The van der Waals surface area contributed by atoms with Crippen LogP contribution in [0.3, 0.4) is 0 Å². The molecule has 11 heteroatoms. The lowest BCUT2D eigenvalue weighted by atomic mass is 10.0. The van der Waals surface area contributed by atoms with Crippen molar-refractivity contribution in [1.29, 1.82) is 0 Å². The number of halogens is 2. The van der Waals surface area contributed by atoms with Crippen LogP contribution in [0.5, 0.6) is 5.75 Å². The van der Waals surface area contributed by atoms with Gasteiger partial charge in [0.05, 0.1) is 19.1 Å². The molecule has 0 aliphatic carbocycles. The second-order valence-electron chi connectivity index (χ2n) is 10.4. The number of nitrogens with zero attached hydrogens (tertiary/aromatic N) is 2. The summed E-state index contributed by atoms with van der Waals surface area (Å²) in [5.41, 5.74) is 1.80. The lowest BCUT2D eigenvalue weighted by Crippen LogP contribution is -2.52. The van der Waals surface area contributed by atoms with Gasteiger partial charge >= 0.3 is 0 Å². The van der Waals surface area contributed by atoms with Crippen LogP contribution in [0.1, 0.15) is 44.2 Å². The maximum absolute atomic E-state index is 14.0. The van der Waals surface area contributed by atoms with Crippen LogP contribution >= 0.6 is 23.2 Å². The summed E-state index contributed by atoms with van der Waals surface area (Å²) in [5.74, 6) is -0.218. The zero-order valence-electron chi connectivity index (χ0n) is 24.9. The highest BCUT2D eigenvalue weighted by Crippen LogP contribution is 2.31. The van der Waals surface area contributed by atoms with E-state index in [1.165, 1.54) is 16.3 Å². The number of methoxy groups -OCH3 is 1. The first-order chi connectivity index (χ1) is 20.5. The fourth-order valence-corrected chi connectivity index (χ4v) is 6.15. The van der Waals surface area contributed by atoms with Gasteiger partial charge < -0.3 is 15.0 Å². The zero-order valence-corrected chi connectivity index (χ0v) is 27.3. The van der Waals surface area contributed by atoms with Gasteiger partial charge in [-0.1, -0.05) is 78.7 Å². The first-order valence-electron chi connectivity index (χ1n) is 14.1. The Balaban J connectivity index is 1.95. The van der Waals surface area contributed by atoms with Gasteiger partial charge in [-0.2, -0.15) is 0 Å². The van der Waals surface area contributed by atoms with Crippen molar-refractivity contribution >= 4 is 50.7 Å². The van der Waals surface area contributed by atoms with Gasteiger partial charge in [0.2, 0.25) is 21.8 Å². The predicted molar refractivity (Wildman–Crippen MR) is 173 cm³/mol. The summed E-state index contributed by atoms with van der Waals surface area (Å²) < 4.78 is 32.1. The number of carbonyl (C=O) groups excluding carboxylic acids is 2. The Morgan fingerprint density at radius 1 is 0.953 bits per heavy atom. The van der Waals surface area contributed by atoms with Crippen molar-refractivity contribution in [3.05, 3.63) is 94.0 Å². The number of hydrogen-bond acceptors (Lipinski definition) is 5. The van der Waals surface area contributed by atoms with Crippen LogP contribution in [0.25, 0.3) is 0 Å². The predicted octanol–water partition coefficient (Wildman–Crippen LogP) is 6.10. The van der Waals surface area contributed by atoms with Crippen molar-refractivity contribution in [2.45, 2.75) is 58.2 Å². The van der Waals surface area contributed by atoms with E-state index in [0.717, 1.165) is 18.2 Å². The number of anilines is 1. The Hall–Kier alpha value is -3.27. The van der Waals surface area contributed by atoms with Crippen molar-refractivity contribution in [2.24, 2.45) is 0 Å². The quantitative estimate of drug-likeness (QED) is 0.215. The summed E-state index contributed by atoms with van der Waals surface area (Å²) >= 11 is 13.0. The van der Waals surface area contributed by atoms with Gasteiger partial charge in [0, 0.05) is 47.6 Å². The molecule has 3 rings (SSSR count). The summed E-state index contributed by atoms with van der Waals surface area (Å²) in [6.45, 7) is 3.92. The second-order valence-corrected chi connectivity index (χ2v) is 13.1. The standard InChI is InChI=1S/C32H39Cl2N3O5S/c1-5-23(2)35-32(39)29(21-24-13-7-6-8-14-24)36(22-25-26(33)15-11-16-27(25)34)31(38)19-12-20-37(43(4,40)41)28-17-9-10-18-30(28)42-3/h6-11,13-18,23,29H,5,12,19-22H2,1-4H3,(H,35,39)/t23-,29+/m0/s1. The molecule has 1 N–H and O–H groups in total. The van der Waals surface area contributed by atoms with Gasteiger partial charge in [0.15, 0.2) is 0 Å². The molecule has 0 aromatic heterocycles. The molecule has 0 spiro atoms. The third-order valence-electron chi connectivity index (χ3n) is 7.17. The van der Waals surface area contributed by atoms with Gasteiger partial charge in [-0.15, -0.1) is 0 Å². The molecule has 0 fully saturated rings. The van der Waals surface area contributed by atoms with Crippen molar-refractivity contribution in [3.8, 4) is 5.75 Å². The van der Waals surface area contributed by atoms with Crippen molar-refractivity contribution in [1.82, 2.24) is 10.2 Å². The Bertz CT molecular complexity index is 1470. The Kier molecular flexibility index (Phi) is 12.7. The van der Waals surface area contributed by atoms with Crippen LogP contribution in [-0.2, 0) is 32.6 Å². The minimum absolute atomic E-state index is 0.00502. The SMILES string of the molecule is CC[C@H](C)NC(=O)[C@@H](Cc1ccccc1)N(Cc1c(Cl)cccc1Cl)C(=O)CCCN(c1ccccc1OC)S(C)(=O)=O. The molecule has 0 radical (unpaired) electrons. The smallest absolute Gasteiger partial charge is 0.243 e. The molecule has 232 valence electrons. The largest absolute Gasteiger partial charge is 0.495 e. The Morgan fingerprint density at radius 3 is 2.19 bits per heavy atom. The molecule has 8 nitrogen and oxygen atoms in total. The molecule has 0 bridgehead atoms. The number of para-hydroxylation sites is 2. The van der Waals surface area contributed by atoms with Gasteiger partial charge in [0.1, 0.15) is 11.8 Å². The van der Waals surface area contributed by atoms with Gasteiger partial charge in [-0.3, -0.25) is 13.9 Å². The van der Waals surface area contributed by atoms with Crippen molar-refractivity contribution in [2.75, 3.05) is 24.2 Å². The van der Waals surface area contributed by atoms with Crippen LogP contribution in [0, 0.1) is 0 Å². The molecule has 0 saturated heterocycles. The molecule has 0 saturated carbocycles. The molecule has 2 amide bonds. The van der Waals surface area contributed by atoms with Crippen LogP contribution in [0.2, 0.25) is 10.0 Å². The highest BCUT2D eigenvalue weighted by Gasteiger charge is 2.32. The van der Waals surface area contributed by atoms with E-state index in [9.17, 15) is 18.0 Å². The fourth-order valence-electron chi connectivity index (χ4n) is 4.67. The summed E-state index contributed by atoms with van der Waals surface area (Å²) in [4.78, 5) is 29.2. The number of sulfonamides is 1. The monoisotopic (exact) mass is 647 g/mol. The molecule has 3 aromatic rings. The van der Waals surface area contributed by atoms with Crippen LogP contribution in [-0.4, -0.2) is 57.1 Å². The Labute approximate surface area is 265 Å². The molecule has 0 heterocycles. The molecule has 0 aliphatic heterocycles. The zero-order chi connectivity index (χ0) is 31.6. The van der Waals surface area contributed by atoms with Crippen LogP contribution in [0.4, 0.5) is 5.69 Å². The number of benzene rings is 3. The number of amides is 2. The summed E-state index contributed by atoms with van der Waals surface area (Å²) in [6.07, 6.45) is 2.28. The van der Waals surface area contributed by atoms with Gasteiger partial charge in [0.25, 0.3) is 0 Å². The minimum Gasteiger partial charge on any atom is -0.495 e. The van der Waals surface area contributed by atoms with Crippen LogP contribution < -0.4 is 14.4 Å². The van der Waals surface area contributed by atoms with E-state index in [1.807, 2.05) is 44.2 Å². The first kappa shape index (κ1) is 34.2. The maximum atomic E-state index is 14.0. The third-order valence-corrected chi connectivity index (χ3v) is 9.06.